The molecule has 0 N–H and O–H groups in total. The van der Waals surface area contributed by atoms with Crippen LogP contribution in [0.5, 0.6) is 0 Å². The molecule has 13 heavy (non-hydrogen) atoms. The minimum absolute atomic E-state index is 1.03. The van der Waals surface area contributed by atoms with Gasteiger partial charge in [-0.1, -0.05) is 13.0 Å². The second-order valence-corrected chi connectivity index (χ2v) is 3.28. The van der Waals surface area contributed by atoms with Crippen LogP contribution in [0.15, 0.2) is 12.3 Å². The van der Waals surface area contributed by atoms with Crippen molar-refractivity contribution in [3.8, 4) is 0 Å². The molecule has 1 rings (SSSR count). The Labute approximate surface area is 79.7 Å². The fourth-order valence-corrected chi connectivity index (χ4v) is 1.31. The molecule has 0 bridgehead atoms. The molecule has 72 valence electrons. The number of rotatable bonds is 3. The van der Waals surface area contributed by atoms with Crippen LogP contribution in [0.4, 0.5) is 5.82 Å². The van der Waals surface area contributed by atoms with Crippen LogP contribution in [0, 0.1) is 6.92 Å². The minimum Gasteiger partial charge on any atom is -0.362 e. The highest BCUT2D eigenvalue weighted by molar-refractivity contribution is 5.49. The average Bonchev–Trinajstić information content (AvgIpc) is 2.43. The second kappa shape index (κ2) is 4.12. The van der Waals surface area contributed by atoms with Crippen molar-refractivity contribution in [2.75, 3.05) is 19.0 Å². The fourth-order valence-electron chi connectivity index (χ4n) is 1.31. The number of allylic oxidation sites excluding steroid dienone is 1. The second-order valence-electron chi connectivity index (χ2n) is 3.28. The van der Waals surface area contributed by atoms with E-state index in [0.717, 1.165) is 12.2 Å². The fraction of sp³-hybridized carbons (Fsp3) is 0.500. The first kappa shape index (κ1) is 9.84. The van der Waals surface area contributed by atoms with Crippen LogP contribution in [-0.2, 0) is 0 Å². The van der Waals surface area contributed by atoms with Gasteiger partial charge in [0, 0.05) is 25.9 Å². The summed E-state index contributed by atoms with van der Waals surface area (Å²) in [6.45, 7) is 4.18. The Morgan fingerprint density at radius 2 is 2.23 bits per heavy atom. The third-order valence-electron chi connectivity index (χ3n) is 1.85. The van der Waals surface area contributed by atoms with Crippen molar-refractivity contribution in [2.45, 2.75) is 20.3 Å². The van der Waals surface area contributed by atoms with Crippen LogP contribution in [0.2, 0.25) is 0 Å². The van der Waals surface area contributed by atoms with E-state index in [9.17, 15) is 0 Å². The van der Waals surface area contributed by atoms with E-state index in [1.165, 1.54) is 5.56 Å². The van der Waals surface area contributed by atoms with Gasteiger partial charge in [0.2, 0.25) is 0 Å². The van der Waals surface area contributed by atoms with Crippen molar-refractivity contribution in [3.63, 3.8) is 0 Å². The zero-order chi connectivity index (χ0) is 9.84. The lowest BCUT2D eigenvalue weighted by Gasteiger charge is -2.13. The number of aryl methyl sites for hydroxylation is 1. The van der Waals surface area contributed by atoms with Crippen molar-refractivity contribution in [1.29, 1.82) is 0 Å². The molecule has 0 saturated carbocycles. The van der Waals surface area contributed by atoms with Gasteiger partial charge in [-0.15, -0.1) is 0 Å². The normalized spacial score (nSPS) is 11.1. The Hall–Kier alpha value is -1.25. The molecule has 3 nitrogen and oxygen atoms in total. The molecule has 1 aromatic heterocycles. The number of nitrogens with zero attached hydrogens (tertiary/aromatic N) is 3. The summed E-state index contributed by atoms with van der Waals surface area (Å²) >= 11 is 0. The van der Waals surface area contributed by atoms with Crippen molar-refractivity contribution < 1.29 is 0 Å². The summed E-state index contributed by atoms with van der Waals surface area (Å²) in [5, 5.41) is 4.26. The van der Waals surface area contributed by atoms with Crippen LogP contribution in [0.1, 0.15) is 18.9 Å². The molecule has 3 heteroatoms. The molecular formula is C10H17N3. The van der Waals surface area contributed by atoms with Gasteiger partial charge in [0.15, 0.2) is 0 Å². The van der Waals surface area contributed by atoms with Crippen LogP contribution < -0.4 is 4.90 Å². The Balaban J connectivity index is 3.00. The lowest BCUT2D eigenvalue weighted by Crippen LogP contribution is -2.13. The predicted octanol–water partition coefficient (Wildman–Crippen LogP) is 2.14. The van der Waals surface area contributed by atoms with E-state index in [0.29, 0.717) is 0 Å². The van der Waals surface area contributed by atoms with Crippen molar-refractivity contribution in [3.05, 3.63) is 17.8 Å². The first-order valence-corrected chi connectivity index (χ1v) is 4.55. The third kappa shape index (κ3) is 2.11. The van der Waals surface area contributed by atoms with Crippen molar-refractivity contribution >= 4 is 12.0 Å². The van der Waals surface area contributed by atoms with E-state index in [4.69, 9.17) is 0 Å². The minimum atomic E-state index is 1.03. The third-order valence-corrected chi connectivity index (χ3v) is 1.85. The van der Waals surface area contributed by atoms with E-state index in [2.05, 4.69) is 29.9 Å². The first-order valence-electron chi connectivity index (χ1n) is 4.55. The molecule has 0 unspecified atom stereocenters. The molecule has 0 aromatic carbocycles. The SMILES string of the molecule is CC/C=C\n1ncc(C)c1N(C)C. The first-order chi connectivity index (χ1) is 6.16. The predicted molar refractivity (Wildman–Crippen MR) is 56.9 cm³/mol. The van der Waals surface area contributed by atoms with Gasteiger partial charge in [0.25, 0.3) is 0 Å². The van der Waals surface area contributed by atoms with Crippen LogP contribution >= 0.6 is 0 Å². The zero-order valence-corrected chi connectivity index (χ0v) is 8.78. The lowest BCUT2D eigenvalue weighted by molar-refractivity contribution is 0.894. The topological polar surface area (TPSA) is 21.1 Å². The maximum atomic E-state index is 4.26. The smallest absolute Gasteiger partial charge is 0.134 e. The summed E-state index contributed by atoms with van der Waals surface area (Å²) in [7, 11) is 4.06. The molecule has 0 saturated heterocycles. The maximum Gasteiger partial charge on any atom is 0.134 e. The lowest BCUT2D eigenvalue weighted by atomic mass is 10.3. The van der Waals surface area contributed by atoms with E-state index in [-0.39, 0.29) is 0 Å². The van der Waals surface area contributed by atoms with Gasteiger partial charge in [-0.05, 0) is 13.3 Å². The number of hydrogen-bond acceptors (Lipinski definition) is 2. The number of aromatic nitrogens is 2. The van der Waals surface area contributed by atoms with Gasteiger partial charge in [0.1, 0.15) is 5.82 Å². The molecular weight excluding hydrogens is 162 g/mol. The highest BCUT2D eigenvalue weighted by Crippen LogP contribution is 2.16. The Morgan fingerprint density at radius 1 is 1.54 bits per heavy atom. The average molecular weight is 179 g/mol. The Bertz CT molecular complexity index is 297. The molecule has 0 radical (unpaired) electrons. The Kier molecular flexibility index (Phi) is 3.12. The zero-order valence-electron chi connectivity index (χ0n) is 8.78. The Morgan fingerprint density at radius 3 is 2.77 bits per heavy atom. The molecule has 0 aliphatic rings. The van der Waals surface area contributed by atoms with Gasteiger partial charge in [-0.25, -0.2) is 4.68 Å². The highest BCUT2D eigenvalue weighted by atomic mass is 15.3. The molecule has 0 amide bonds. The molecule has 0 atom stereocenters. The highest BCUT2D eigenvalue weighted by Gasteiger charge is 2.06. The van der Waals surface area contributed by atoms with Crippen LogP contribution in [0.3, 0.4) is 0 Å². The van der Waals surface area contributed by atoms with Gasteiger partial charge >= 0.3 is 0 Å². The summed E-state index contributed by atoms with van der Waals surface area (Å²) in [6, 6.07) is 0. The summed E-state index contributed by atoms with van der Waals surface area (Å²) in [5.74, 6) is 1.14. The summed E-state index contributed by atoms with van der Waals surface area (Å²) in [5.41, 5.74) is 1.20. The maximum absolute atomic E-state index is 4.26. The largest absolute Gasteiger partial charge is 0.362 e. The molecule has 0 fully saturated rings. The molecule has 1 heterocycles. The number of hydrogen-bond donors (Lipinski definition) is 0. The van der Waals surface area contributed by atoms with Gasteiger partial charge < -0.3 is 4.90 Å². The van der Waals surface area contributed by atoms with Gasteiger partial charge in [-0.2, -0.15) is 5.10 Å². The molecule has 0 spiro atoms. The van der Waals surface area contributed by atoms with Crippen molar-refractivity contribution in [2.24, 2.45) is 0 Å². The van der Waals surface area contributed by atoms with E-state index < -0.39 is 0 Å². The molecule has 0 aliphatic heterocycles. The standard InChI is InChI=1S/C10H17N3/c1-5-6-7-13-10(12(3)4)9(2)8-11-13/h6-8H,5H2,1-4H3/b7-6-. The summed E-state index contributed by atoms with van der Waals surface area (Å²) < 4.78 is 1.90. The quantitative estimate of drug-likeness (QED) is 0.708. The van der Waals surface area contributed by atoms with E-state index in [1.54, 1.807) is 0 Å². The molecule has 1 aromatic rings. The van der Waals surface area contributed by atoms with E-state index >= 15 is 0 Å². The van der Waals surface area contributed by atoms with Crippen molar-refractivity contribution in [1.82, 2.24) is 9.78 Å². The van der Waals surface area contributed by atoms with E-state index in [1.807, 2.05) is 31.2 Å². The van der Waals surface area contributed by atoms with Gasteiger partial charge in [0.05, 0.1) is 6.20 Å². The van der Waals surface area contributed by atoms with Crippen LogP contribution in [0.25, 0.3) is 6.20 Å². The van der Waals surface area contributed by atoms with Crippen LogP contribution in [-0.4, -0.2) is 23.9 Å². The molecule has 0 aliphatic carbocycles. The summed E-state index contributed by atoms with van der Waals surface area (Å²) in [4.78, 5) is 2.07. The van der Waals surface area contributed by atoms with Gasteiger partial charge in [-0.3, -0.25) is 0 Å². The monoisotopic (exact) mass is 179 g/mol. The number of anilines is 1. The summed E-state index contributed by atoms with van der Waals surface area (Å²) in [6.07, 6.45) is 7.02.